The van der Waals surface area contributed by atoms with Gasteiger partial charge in [0.05, 0.1) is 6.61 Å². The van der Waals surface area contributed by atoms with E-state index in [0.29, 0.717) is 12.5 Å². The molecule has 0 saturated heterocycles. The summed E-state index contributed by atoms with van der Waals surface area (Å²) in [6, 6.07) is 15.0. The average molecular weight is 386 g/mol. The molecule has 0 N–H and O–H groups in total. The van der Waals surface area contributed by atoms with Crippen LogP contribution >= 0.6 is 15.9 Å². The first-order chi connectivity index (χ1) is 11.7. The number of hydrogen-bond donors (Lipinski definition) is 0. The molecule has 1 heterocycles. The van der Waals surface area contributed by atoms with Gasteiger partial charge in [-0.3, -0.25) is 0 Å². The number of hydrogen-bond acceptors (Lipinski definition) is 4. The molecular formula is C19H16BrNO3. The fraction of sp³-hybridized carbons (Fsp3) is 0.158. The van der Waals surface area contributed by atoms with Crippen molar-refractivity contribution in [1.82, 2.24) is 0 Å². The monoisotopic (exact) mass is 385 g/mol. The Morgan fingerprint density at radius 3 is 2.75 bits per heavy atom. The maximum absolute atomic E-state index is 12.0. The second-order valence-electron chi connectivity index (χ2n) is 5.26. The third-order valence-electron chi connectivity index (χ3n) is 3.35. The van der Waals surface area contributed by atoms with Gasteiger partial charge in [0.25, 0.3) is 0 Å². The van der Waals surface area contributed by atoms with Crippen LogP contribution < -0.4 is 4.74 Å². The fourth-order valence-electron chi connectivity index (χ4n) is 2.20. The maximum atomic E-state index is 12.0. The van der Waals surface area contributed by atoms with E-state index in [1.54, 1.807) is 6.08 Å². The molecule has 24 heavy (non-hydrogen) atoms. The van der Waals surface area contributed by atoms with Crippen molar-refractivity contribution < 1.29 is 14.3 Å². The van der Waals surface area contributed by atoms with Crippen LogP contribution in [-0.4, -0.2) is 18.5 Å². The molecular weight excluding hydrogens is 370 g/mol. The third-order valence-corrected chi connectivity index (χ3v) is 3.87. The number of halogens is 1. The lowest BCUT2D eigenvalue weighted by Gasteiger charge is -2.04. The highest BCUT2D eigenvalue weighted by Gasteiger charge is 2.24. The van der Waals surface area contributed by atoms with Crippen LogP contribution in [-0.2, 0) is 9.53 Å². The number of cyclic esters (lactones) is 1. The number of esters is 1. The van der Waals surface area contributed by atoms with Crippen LogP contribution in [0.3, 0.4) is 0 Å². The van der Waals surface area contributed by atoms with Crippen molar-refractivity contribution in [2.45, 2.75) is 13.3 Å². The quantitative estimate of drug-likeness (QED) is 0.558. The highest BCUT2D eigenvalue weighted by atomic mass is 79.9. The molecule has 0 bridgehead atoms. The molecule has 2 aromatic carbocycles. The molecule has 0 fully saturated rings. The smallest absolute Gasteiger partial charge is 0.363 e. The van der Waals surface area contributed by atoms with Crippen LogP contribution in [0.2, 0.25) is 0 Å². The number of nitrogens with zero attached hydrogens (tertiary/aromatic N) is 1. The Kier molecular flexibility index (Phi) is 5.11. The Hall–Kier alpha value is -2.40. The van der Waals surface area contributed by atoms with Crippen LogP contribution in [0.15, 0.2) is 63.7 Å². The second kappa shape index (κ2) is 7.45. The minimum Gasteiger partial charge on any atom is -0.494 e. The minimum atomic E-state index is -0.451. The largest absolute Gasteiger partial charge is 0.494 e. The third kappa shape index (κ3) is 3.92. The molecule has 4 nitrogen and oxygen atoms in total. The molecule has 0 saturated carbocycles. The van der Waals surface area contributed by atoms with Crippen molar-refractivity contribution in [2.75, 3.05) is 6.61 Å². The number of rotatable bonds is 5. The Balaban J connectivity index is 1.84. The Labute approximate surface area is 148 Å². The summed E-state index contributed by atoms with van der Waals surface area (Å²) in [5.74, 6) is 0.639. The molecule has 3 rings (SSSR count). The number of carbonyl (C=O) groups excluding carboxylic acids is 1. The van der Waals surface area contributed by atoms with E-state index < -0.39 is 5.97 Å². The molecule has 0 atom stereocenters. The standard InChI is InChI=1S/C19H16BrNO3/c1-2-10-23-16-5-3-4-13(11-16)12-17-19(22)24-18(21-17)14-6-8-15(20)9-7-14/h3-9,11-12H,2,10H2,1H3/b17-12-. The summed E-state index contributed by atoms with van der Waals surface area (Å²) in [5.41, 5.74) is 1.88. The molecule has 2 aromatic rings. The van der Waals surface area contributed by atoms with Gasteiger partial charge in [0.2, 0.25) is 5.90 Å². The molecule has 1 aliphatic heterocycles. The number of benzene rings is 2. The zero-order chi connectivity index (χ0) is 16.9. The second-order valence-corrected chi connectivity index (χ2v) is 6.18. The van der Waals surface area contributed by atoms with Crippen molar-refractivity contribution in [2.24, 2.45) is 4.99 Å². The van der Waals surface area contributed by atoms with Crippen LogP contribution in [0, 0.1) is 0 Å². The summed E-state index contributed by atoms with van der Waals surface area (Å²) >= 11 is 3.38. The van der Waals surface area contributed by atoms with Crippen molar-refractivity contribution in [3.05, 3.63) is 69.8 Å². The molecule has 0 amide bonds. The van der Waals surface area contributed by atoms with E-state index in [2.05, 4.69) is 27.8 Å². The van der Waals surface area contributed by atoms with Gasteiger partial charge >= 0.3 is 5.97 Å². The zero-order valence-electron chi connectivity index (χ0n) is 13.2. The highest BCUT2D eigenvalue weighted by Crippen LogP contribution is 2.22. The van der Waals surface area contributed by atoms with E-state index in [4.69, 9.17) is 9.47 Å². The van der Waals surface area contributed by atoms with Gasteiger partial charge in [-0.2, -0.15) is 0 Å². The van der Waals surface area contributed by atoms with E-state index in [1.165, 1.54) is 0 Å². The number of aliphatic imine (C=N–C) groups is 1. The van der Waals surface area contributed by atoms with Gasteiger partial charge in [-0.15, -0.1) is 0 Å². The van der Waals surface area contributed by atoms with Crippen molar-refractivity contribution in [3.63, 3.8) is 0 Å². The van der Waals surface area contributed by atoms with Gasteiger partial charge in [0.1, 0.15) is 5.75 Å². The van der Waals surface area contributed by atoms with Crippen molar-refractivity contribution in [1.29, 1.82) is 0 Å². The van der Waals surface area contributed by atoms with Gasteiger partial charge in [-0.25, -0.2) is 9.79 Å². The van der Waals surface area contributed by atoms with Crippen LogP contribution in [0.25, 0.3) is 6.08 Å². The van der Waals surface area contributed by atoms with Gasteiger partial charge in [-0.1, -0.05) is 35.0 Å². The fourth-order valence-corrected chi connectivity index (χ4v) is 2.46. The maximum Gasteiger partial charge on any atom is 0.363 e. The summed E-state index contributed by atoms with van der Waals surface area (Å²) in [6.45, 7) is 2.71. The normalized spacial score (nSPS) is 15.3. The first-order valence-corrected chi connectivity index (χ1v) is 8.46. The number of carbonyl (C=O) groups is 1. The molecule has 0 radical (unpaired) electrons. The summed E-state index contributed by atoms with van der Waals surface area (Å²) in [4.78, 5) is 16.3. The summed E-state index contributed by atoms with van der Waals surface area (Å²) in [6.07, 6.45) is 2.64. The molecule has 0 spiro atoms. The Morgan fingerprint density at radius 2 is 2.00 bits per heavy atom. The first kappa shape index (κ1) is 16.5. The summed E-state index contributed by atoms with van der Waals surface area (Å²) < 4.78 is 11.8. The van der Waals surface area contributed by atoms with Crippen LogP contribution in [0.5, 0.6) is 5.75 Å². The summed E-state index contributed by atoms with van der Waals surface area (Å²) in [5, 5.41) is 0. The average Bonchev–Trinajstić information content (AvgIpc) is 2.95. The predicted molar refractivity (Wildman–Crippen MR) is 97.0 cm³/mol. The summed E-state index contributed by atoms with van der Waals surface area (Å²) in [7, 11) is 0. The predicted octanol–water partition coefficient (Wildman–Crippen LogP) is 4.58. The zero-order valence-corrected chi connectivity index (χ0v) is 14.7. The molecule has 0 aromatic heterocycles. The molecule has 1 aliphatic rings. The molecule has 122 valence electrons. The van der Waals surface area contributed by atoms with Crippen molar-refractivity contribution in [3.8, 4) is 5.75 Å². The van der Waals surface area contributed by atoms with Crippen LogP contribution in [0.4, 0.5) is 0 Å². The van der Waals surface area contributed by atoms with E-state index in [-0.39, 0.29) is 5.70 Å². The van der Waals surface area contributed by atoms with Gasteiger partial charge in [-0.05, 0) is 54.5 Å². The van der Waals surface area contributed by atoms with Gasteiger partial charge in [0, 0.05) is 10.0 Å². The Morgan fingerprint density at radius 1 is 1.21 bits per heavy atom. The highest BCUT2D eigenvalue weighted by molar-refractivity contribution is 9.10. The SMILES string of the molecule is CCCOc1cccc(/C=C2\N=C(c3ccc(Br)cc3)OC2=O)c1. The number of ether oxygens (including phenoxy) is 2. The lowest BCUT2D eigenvalue weighted by molar-refractivity contribution is -0.129. The van der Waals surface area contributed by atoms with E-state index in [9.17, 15) is 4.79 Å². The minimum absolute atomic E-state index is 0.278. The molecule has 0 unspecified atom stereocenters. The van der Waals surface area contributed by atoms with E-state index >= 15 is 0 Å². The topological polar surface area (TPSA) is 47.9 Å². The van der Waals surface area contributed by atoms with Gasteiger partial charge < -0.3 is 9.47 Å². The lowest BCUT2D eigenvalue weighted by atomic mass is 10.2. The first-order valence-electron chi connectivity index (χ1n) is 7.67. The Bertz CT molecular complexity index is 810. The van der Waals surface area contributed by atoms with E-state index in [1.807, 2.05) is 48.5 Å². The lowest BCUT2D eigenvalue weighted by Crippen LogP contribution is -2.05. The van der Waals surface area contributed by atoms with Gasteiger partial charge in [0.15, 0.2) is 5.70 Å². The van der Waals surface area contributed by atoms with Crippen molar-refractivity contribution >= 4 is 33.9 Å². The molecule has 0 aliphatic carbocycles. The van der Waals surface area contributed by atoms with Crippen LogP contribution in [0.1, 0.15) is 24.5 Å². The molecule has 5 heteroatoms. The van der Waals surface area contributed by atoms with E-state index in [0.717, 1.165) is 27.8 Å².